The van der Waals surface area contributed by atoms with Crippen molar-refractivity contribution in [3.8, 4) is 0 Å². The van der Waals surface area contributed by atoms with Crippen LogP contribution in [-0.4, -0.2) is 25.6 Å². The van der Waals surface area contributed by atoms with E-state index in [2.05, 4.69) is 48.6 Å². The SMILES string of the molecule is C(=C\[C@H]1O[C@@H](c2ccccc2)C[C@@H]1C1OCCO1)/c1ccccc1. The van der Waals surface area contributed by atoms with Crippen molar-refractivity contribution in [3.63, 3.8) is 0 Å². The van der Waals surface area contributed by atoms with Crippen LogP contribution in [-0.2, 0) is 14.2 Å². The molecule has 0 amide bonds. The summed E-state index contributed by atoms with van der Waals surface area (Å²) in [7, 11) is 0. The largest absolute Gasteiger partial charge is 0.366 e. The first kappa shape index (κ1) is 15.6. The number of hydrogen-bond donors (Lipinski definition) is 0. The van der Waals surface area contributed by atoms with Crippen molar-refractivity contribution in [2.45, 2.75) is 24.9 Å². The van der Waals surface area contributed by atoms with Crippen LogP contribution in [0.3, 0.4) is 0 Å². The molecule has 2 aromatic rings. The minimum atomic E-state index is -0.163. The van der Waals surface area contributed by atoms with Crippen LogP contribution in [0.4, 0.5) is 0 Å². The Morgan fingerprint density at radius 3 is 2.21 bits per heavy atom. The molecule has 0 bridgehead atoms. The van der Waals surface area contributed by atoms with Gasteiger partial charge in [0.25, 0.3) is 0 Å². The average molecular weight is 322 g/mol. The maximum absolute atomic E-state index is 6.35. The molecule has 0 N–H and O–H groups in total. The fourth-order valence-corrected chi connectivity index (χ4v) is 3.46. The van der Waals surface area contributed by atoms with Gasteiger partial charge in [0.05, 0.1) is 25.4 Å². The van der Waals surface area contributed by atoms with Crippen LogP contribution >= 0.6 is 0 Å². The molecule has 2 aliphatic rings. The van der Waals surface area contributed by atoms with Gasteiger partial charge in [0.15, 0.2) is 6.29 Å². The fourth-order valence-electron chi connectivity index (χ4n) is 3.46. The number of benzene rings is 2. The lowest BCUT2D eigenvalue weighted by molar-refractivity contribution is -0.0939. The van der Waals surface area contributed by atoms with Crippen molar-refractivity contribution < 1.29 is 14.2 Å². The molecule has 0 aliphatic carbocycles. The molecule has 124 valence electrons. The van der Waals surface area contributed by atoms with E-state index in [0.717, 1.165) is 6.42 Å². The monoisotopic (exact) mass is 322 g/mol. The lowest BCUT2D eigenvalue weighted by atomic mass is 9.95. The Kier molecular flexibility index (Phi) is 4.74. The number of ether oxygens (including phenoxy) is 3. The predicted octanol–water partition coefficient (Wildman–Crippen LogP) is 4.22. The Hall–Kier alpha value is -1.94. The Morgan fingerprint density at radius 2 is 1.50 bits per heavy atom. The van der Waals surface area contributed by atoms with Crippen LogP contribution in [0.25, 0.3) is 6.08 Å². The van der Waals surface area contributed by atoms with Gasteiger partial charge in [0, 0.05) is 5.92 Å². The van der Waals surface area contributed by atoms with Gasteiger partial charge in [-0.3, -0.25) is 0 Å². The number of rotatable bonds is 4. The van der Waals surface area contributed by atoms with Crippen molar-refractivity contribution >= 4 is 6.08 Å². The summed E-state index contributed by atoms with van der Waals surface area (Å²) in [6, 6.07) is 20.7. The smallest absolute Gasteiger partial charge is 0.163 e. The fraction of sp³-hybridized carbons (Fsp3) is 0.333. The zero-order valence-electron chi connectivity index (χ0n) is 13.6. The van der Waals surface area contributed by atoms with Crippen LogP contribution in [0.5, 0.6) is 0 Å². The molecule has 0 unspecified atom stereocenters. The van der Waals surface area contributed by atoms with Gasteiger partial charge in [0.2, 0.25) is 0 Å². The zero-order valence-corrected chi connectivity index (χ0v) is 13.6. The lowest BCUT2D eigenvalue weighted by Gasteiger charge is -2.20. The maximum Gasteiger partial charge on any atom is 0.163 e. The van der Waals surface area contributed by atoms with E-state index in [1.807, 2.05) is 24.3 Å². The molecule has 4 rings (SSSR count). The van der Waals surface area contributed by atoms with Gasteiger partial charge in [-0.15, -0.1) is 0 Å². The van der Waals surface area contributed by atoms with Crippen LogP contribution in [0.2, 0.25) is 0 Å². The minimum Gasteiger partial charge on any atom is -0.366 e. The second kappa shape index (κ2) is 7.31. The van der Waals surface area contributed by atoms with Crippen LogP contribution in [0.1, 0.15) is 23.7 Å². The summed E-state index contributed by atoms with van der Waals surface area (Å²) in [6.45, 7) is 1.35. The molecule has 3 atom stereocenters. The summed E-state index contributed by atoms with van der Waals surface area (Å²) in [6.07, 6.45) is 5.11. The van der Waals surface area contributed by atoms with Gasteiger partial charge in [-0.1, -0.05) is 72.8 Å². The quantitative estimate of drug-likeness (QED) is 0.843. The topological polar surface area (TPSA) is 27.7 Å². The van der Waals surface area contributed by atoms with Gasteiger partial charge >= 0.3 is 0 Å². The summed E-state index contributed by atoms with van der Waals surface area (Å²) in [5.74, 6) is 0.220. The van der Waals surface area contributed by atoms with Crippen LogP contribution in [0, 0.1) is 5.92 Å². The molecule has 2 aliphatic heterocycles. The Labute approximate surface area is 142 Å². The summed E-state index contributed by atoms with van der Waals surface area (Å²) in [5, 5.41) is 0. The van der Waals surface area contributed by atoms with Gasteiger partial charge < -0.3 is 14.2 Å². The van der Waals surface area contributed by atoms with E-state index >= 15 is 0 Å². The molecule has 2 heterocycles. The van der Waals surface area contributed by atoms with Crippen molar-refractivity contribution in [1.82, 2.24) is 0 Å². The second-order valence-corrected chi connectivity index (χ2v) is 6.28. The third kappa shape index (κ3) is 3.44. The average Bonchev–Trinajstić information content (AvgIpc) is 3.31. The summed E-state index contributed by atoms with van der Waals surface area (Å²) in [4.78, 5) is 0. The van der Waals surface area contributed by atoms with E-state index in [-0.39, 0.29) is 24.4 Å². The van der Waals surface area contributed by atoms with Crippen molar-refractivity contribution in [1.29, 1.82) is 0 Å². The van der Waals surface area contributed by atoms with Crippen molar-refractivity contribution in [2.75, 3.05) is 13.2 Å². The highest BCUT2D eigenvalue weighted by Crippen LogP contribution is 2.41. The summed E-state index contributed by atoms with van der Waals surface area (Å²) in [5.41, 5.74) is 2.40. The standard InChI is InChI=1S/C21H22O3/c1-3-7-16(8-4-1)11-12-19-18(21-22-13-14-23-21)15-20(24-19)17-9-5-2-6-10-17/h1-12,18-21H,13-15H2/b12-11+/t18-,19+,20+/m0/s1. The van der Waals surface area contributed by atoms with E-state index in [1.54, 1.807) is 0 Å². The van der Waals surface area contributed by atoms with E-state index in [9.17, 15) is 0 Å². The van der Waals surface area contributed by atoms with Crippen molar-refractivity contribution in [2.24, 2.45) is 5.92 Å². The summed E-state index contributed by atoms with van der Waals surface area (Å²) >= 11 is 0. The zero-order chi connectivity index (χ0) is 16.2. The molecule has 3 heteroatoms. The van der Waals surface area contributed by atoms with Crippen molar-refractivity contribution in [3.05, 3.63) is 77.9 Å². The highest BCUT2D eigenvalue weighted by atomic mass is 16.7. The number of hydrogen-bond acceptors (Lipinski definition) is 3. The van der Waals surface area contributed by atoms with Gasteiger partial charge in [-0.2, -0.15) is 0 Å². The van der Waals surface area contributed by atoms with Gasteiger partial charge in [-0.25, -0.2) is 0 Å². The summed E-state index contributed by atoms with van der Waals surface area (Å²) < 4.78 is 17.9. The van der Waals surface area contributed by atoms with Crippen LogP contribution in [0.15, 0.2) is 66.7 Å². The predicted molar refractivity (Wildman–Crippen MR) is 93.3 cm³/mol. The molecule has 0 spiro atoms. The highest BCUT2D eigenvalue weighted by molar-refractivity contribution is 5.49. The highest BCUT2D eigenvalue weighted by Gasteiger charge is 2.41. The first-order chi connectivity index (χ1) is 11.9. The molecule has 2 fully saturated rings. The minimum absolute atomic E-state index is 0.00138. The van der Waals surface area contributed by atoms with E-state index in [4.69, 9.17) is 14.2 Å². The van der Waals surface area contributed by atoms with E-state index < -0.39 is 0 Å². The third-order valence-electron chi connectivity index (χ3n) is 4.68. The molecule has 3 nitrogen and oxygen atoms in total. The Balaban J connectivity index is 1.54. The first-order valence-corrected chi connectivity index (χ1v) is 8.57. The molecular weight excluding hydrogens is 300 g/mol. The molecule has 2 aromatic carbocycles. The third-order valence-corrected chi connectivity index (χ3v) is 4.68. The molecule has 24 heavy (non-hydrogen) atoms. The Morgan fingerprint density at radius 1 is 0.833 bits per heavy atom. The van der Waals surface area contributed by atoms with E-state index in [0.29, 0.717) is 13.2 Å². The molecular formula is C21H22O3. The molecule has 0 saturated carbocycles. The molecule has 0 aromatic heterocycles. The molecule has 0 radical (unpaired) electrons. The first-order valence-electron chi connectivity index (χ1n) is 8.57. The Bertz CT molecular complexity index is 662. The maximum atomic E-state index is 6.35. The van der Waals surface area contributed by atoms with Crippen LogP contribution < -0.4 is 0 Å². The second-order valence-electron chi connectivity index (χ2n) is 6.28. The van der Waals surface area contributed by atoms with Gasteiger partial charge in [0.1, 0.15) is 0 Å². The van der Waals surface area contributed by atoms with E-state index in [1.165, 1.54) is 11.1 Å². The lowest BCUT2D eigenvalue weighted by Crippen LogP contribution is -2.27. The molecule has 2 saturated heterocycles. The normalized spacial score (nSPS) is 27.9. The van der Waals surface area contributed by atoms with Gasteiger partial charge in [-0.05, 0) is 17.5 Å².